The Hall–Kier alpha value is -3.13. The Bertz CT molecular complexity index is 842. The van der Waals surface area contributed by atoms with Crippen LogP contribution in [0.1, 0.15) is 18.5 Å². The summed E-state index contributed by atoms with van der Waals surface area (Å²) in [5.74, 6) is -1.40. The minimum absolute atomic E-state index is 0.0590. The van der Waals surface area contributed by atoms with Gasteiger partial charge >= 0.3 is 11.7 Å². The summed E-state index contributed by atoms with van der Waals surface area (Å²) in [6.45, 7) is 0.685. The number of hydrogen-bond acceptors (Lipinski definition) is 6. The average Bonchev–Trinajstić information content (AvgIpc) is 2.65. The van der Waals surface area contributed by atoms with Crippen molar-refractivity contribution in [2.45, 2.75) is 13.0 Å². The molecule has 1 amide bonds. The topological polar surface area (TPSA) is 108 Å². The van der Waals surface area contributed by atoms with Gasteiger partial charge in [-0.3, -0.25) is 14.9 Å². The molecular formula is C18H17ClN2O6. The number of carbonyl (C=O) groups is 2. The van der Waals surface area contributed by atoms with Gasteiger partial charge in [0.25, 0.3) is 5.91 Å². The van der Waals surface area contributed by atoms with Gasteiger partial charge in [0, 0.05) is 11.1 Å². The second-order valence-electron chi connectivity index (χ2n) is 5.48. The van der Waals surface area contributed by atoms with E-state index < -0.39 is 30.0 Å². The minimum Gasteiger partial charge on any atom is -0.475 e. The van der Waals surface area contributed by atoms with Crippen LogP contribution in [0.5, 0.6) is 5.75 Å². The molecule has 1 atom stereocenters. The molecule has 0 aliphatic heterocycles. The van der Waals surface area contributed by atoms with Crippen LogP contribution in [0.15, 0.2) is 48.5 Å². The Morgan fingerprint density at radius 3 is 2.52 bits per heavy atom. The summed E-state index contributed by atoms with van der Waals surface area (Å²) < 4.78 is 9.91. The lowest BCUT2D eigenvalue weighted by Crippen LogP contribution is -2.32. The molecule has 8 nitrogen and oxygen atoms in total. The van der Waals surface area contributed by atoms with Crippen LogP contribution in [-0.4, -0.2) is 30.0 Å². The van der Waals surface area contributed by atoms with Gasteiger partial charge in [-0.2, -0.15) is 0 Å². The first-order chi connectivity index (χ1) is 12.9. The molecule has 0 aromatic heterocycles. The molecule has 2 aromatic carbocycles. The number of carbonyl (C=O) groups excluding carboxylic acids is 2. The number of nitro benzene ring substituents is 1. The predicted octanol–water partition coefficient (Wildman–Crippen LogP) is 3.05. The summed E-state index contributed by atoms with van der Waals surface area (Å²) >= 11 is 6.06. The van der Waals surface area contributed by atoms with Crippen LogP contribution in [0.3, 0.4) is 0 Å². The number of para-hydroxylation sites is 2. The lowest BCUT2D eigenvalue weighted by molar-refractivity contribution is -0.385. The number of amides is 1. The highest BCUT2D eigenvalue weighted by Gasteiger charge is 2.17. The van der Waals surface area contributed by atoms with Crippen molar-refractivity contribution in [1.29, 1.82) is 0 Å². The van der Waals surface area contributed by atoms with Crippen molar-refractivity contribution in [3.8, 4) is 5.75 Å². The molecule has 0 heterocycles. The van der Waals surface area contributed by atoms with Gasteiger partial charge in [-0.05, 0) is 24.6 Å². The van der Waals surface area contributed by atoms with Crippen LogP contribution in [0.2, 0.25) is 5.02 Å². The van der Waals surface area contributed by atoms with E-state index in [9.17, 15) is 19.7 Å². The summed E-state index contributed by atoms with van der Waals surface area (Å²) in [6, 6.07) is 12.3. The molecule has 9 heteroatoms. The van der Waals surface area contributed by atoms with E-state index in [2.05, 4.69) is 5.32 Å². The molecule has 1 N–H and O–H groups in total. The fraction of sp³-hybridized carbons (Fsp3) is 0.222. The molecule has 0 bridgehead atoms. The van der Waals surface area contributed by atoms with Gasteiger partial charge in [-0.1, -0.05) is 41.9 Å². The Morgan fingerprint density at radius 2 is 1.81 bits per heavy atom. The normalized spacial score (nSPS) is 11.3. The van der Waals surface area contributed by atoms with Gasteiger partial charge in [0.15, 0.2) is 19.0 Å². The molecule has 0 radical (unpaired) electrons. The van der Waals surface area contributed by atoms with Gasteiger partial charge in [0.05, 0.1) is 11.0 Å². The van der Waals surface area contributed by atoms with Crippen LogP contribution in [0, 0.1) is 10.1 Å². The summed E-state index contributed by atoms with van der Waals surface area (Å²) in [4.78, 5) is 33.8. The van der Waals surface area contributed by atoms with Crippen molar-refractivity contribution in [3.63, 3.8) is 0 Å². The Labute approximate surface area is 160 Å². The van der Waals surface area contributed by atoms with Crippen molar-refractivity contribution in [1.82, 2.24) is 5.32 Å². The molecule has 0 aliphatic rings. The molecule has 27 heavy (non-hydrogen) atoms. The van der Waals surface area contributed by atoms with Crippen LogP contribution in [-0.2, 0) is 14.3 Å². The summed E-state index contributed by atoms with van der Waals surface area (Å²) in [6.07, 6.45) is 0. The van der Waals surface area contributed by atoms with Crippen LogP contribution >= 0.6 is 11.6 Å². The maximum Gasteiger partial charge on any atom is 0.344 e. The number of nitrogens with one attached hydrogen (secondary N) is 1. The fourth-order valence-corrected chi connectivity index (χ4v) is 2.54. The first-order valence-electron chi connectivity index (χ1n) is 7.94. The van der Waals surface area contributed by atoms with Gasteiger partial charge in [-0.25, -0.2) is 4.79 Å². The fourth-order valence-electron chi connectivity index (χ4n) is 2.24. The van der Waals surface area contributed by atoms with Crippen molar-refractivity contribution in [2.75, 3.05) is 13.2 Å². The zero-order chi connectivity index (χ0) is 19.8. The van der Waals surface area contributed by atoms with E-state index in [1.807, 2.05) is 0 Å². The first-order valence-corrected chi connectivity index (χ1v) is 8.32. The lowest BCUT2D eigenvalue weighted by atomic mass is 10.1. The van der Waals surface area contributed by atoms with Crippen molar-refractivity contribution < 1.29 is 24.0 Å². The van der Waals surface area contributed by atoms with Crippen LogP contribution in [0.4, 0.5) is 5.69 Å². The molecule has 2 aromatic rings. The quantitative estimate of drug-likeness (QED) is 0.420. The van der Waals surface area contributed by atoms with Crippen LogP contribution in [0.25, 0.3) is 0 Å². The largest absolute Gasteiger partial charge is 0.475 e. The SMILES string of the molecule is C[C@@H](NC(=O)COC(=O)COc1ccccc1[N+](=O)[O-])c1ccccc1Cl. The molecule has 0 saturated heterocycles. The standard InChI is InChI=1S/C18H17ClN2O6/c1-12(13-6-2-3-7-14(13)19)20-17(22)10-27-18(23)11-26-16-9-5-4-8-15(16)21(24)25/h2-9,12H,10-11H2,1H3,(H,20,22)/t12-/m1/s1. The molecule has 2 rings (SSSR count). The third-order valence-corrected chi connectivity index (χ3v) is 3.87. The second kappa shape index (κ2) is 9.54. The molecule has 0 fully saturated rings. The average molecular weight is 393 g/mol. The van der Waals surface area contributed by atoms with E-state index in [1.54, 1.807) is 31.2 Å². The van der Waals surface area contributed by atoms with E-state index >= 15 is 0 Å². The lowest BCUT2D eigenvalue weighted by Gasteiger charge is -2.15. The highest BCUT2D eigenvalue weighted by atomic mass is 35.5. The number of benzene rings is 2. The number of esters is 1. The Morgan fingerprint density at radius 1 is 1.15 bits per heavy atom. The first kappa shape index (κ1) is 20.2. The van der Waals surface area contributed by atoms with Crippen LogP contribution < -0.4 is 10.1 Å². The third kappa shape index (κ3) is 5.96. The van der Waals surface area contributed by atoms with Gasteiger partial charge in [-0.15, -0.1) is 0 Å². The van der Waals surface area contributed by atoms with E-state index in [-0.39, 0.29) is 17.5 Å². The monoisotopic (exact) mass is 392 g/mol. The highest BCUT2D eigenvalue weighted by Crippen LogP contribution is 2.25. The van der Waals surface area contributed by atoms with E-state index in [1.165, 1.54) is 24.3 Å². The molecular weight excluding hydrogens is 376 g/mol. The maximum atomic E-state index is 11.9. The number of hydrogen-bond donors (Lipinski definition) is 1. The summed E-state index contributed by atoms with van der Waals surface area (Å²) in [5, 5.41) is 14.0. The Kier molecular flexibility index (Phi) is 7.13. The predicted molar refractivity (Wildman–Crippen MR) is 97.6 cm³/mol. The zero-order valence-electron chi connectivity index (χ0n) is 14.4. The molecule has 0 saturated carbocycles. The number of nitro groups is 1. The van der Waals surface area contributed by atoms with E-state index in [0.717, 1.165) is 5.56 Å². The minimum atomic E-state index is -0.825. The van der Waals surface area contributed by atoms with Crippen molar-refractivity contribution in [3.05, 3.63) is 69.2 Å². The number of rotatable bonds is 8. The van der Waals surface area contributed by atoms with Crippen molar-refractivity contribution >= 4 is 29.2 Å². The smallest absolute Gasteiger partial charge is 0.344 e. The number of nitrogens with zero attached hydrogens (tertiary/aromatic N) is 1. The summed E-state index contributed by atoms with van der Waals surface area (Å²) in [7, 11) is 0. The van der Waals surface area contributed by atoms with Gasteiger partial charge in [0.1, 0.15) is 0 Å². The molecule has 0 spiro atoms. The third-order valence-electron chi connectivity index (χ3n) is 3.52. The highest BCUT2D eigenvalue weighted by molar-refractivity contribution is 6.31. The van der Waals surface area contributed by atoms with E-state index in [4.69, 9.17) is 21.1 Å². The maximum absolute atomic E-state index is 11.9. The number of halogens is 1. The van der Waals surface area contributed by atoms with E-state index in [0.29, 0.717) is 5.02 Å². The molecule has 0 aliphatic carbocycles. The summed E-state index contributed by atoms with van der Waals surface area (Å²) in [5.41, 5.74) is 0.468. The molecule has 142 valence electrons. The van der Waals surface area contributed by atoms with Gasteiger partial charge < -0.3 is 14.8 Å². The van der Waals surface area contributed by atoms with Gasteiger partial charge in [0.2, 0.25) is 0 Å². The Balaban J connectivity index is 1.79. The number of ether oxygens (including phenoxy) is 2. The molecule has 0 unspecified atom stereocenters. The van der Waals surface area contributed by atoms with Crippen molar-refractivity contribution in [2.24, 2.45) is 0 Å². The zero-order valence-corrected chi connectivity index (χ0v) is 15.1. The second-order valence-corrected chi connectivity index (χ2v) is 5.89.